The number of esters is 2. The Morgan fingerprint density at radius 3 is 1.76 bits per heavy atom. The van der Waals surface area contributed by atoms with Crippen molar-refractivity contribution in [1.29, 1.82) is 0 Å². The fourth-order valence-electron chi connectivity index (χ4n) is 5.95. The van der Waals surface area contributed by atoms with Crippen LogP contribution in [-0.2, 0) is 49.3 Å². The minimum absolute atomic E-state index is 0.183. The molecule has 4 aromatic carbocycles. The predicted molar refractivity (Wildman–Crippen MR) is 163 cm³/mol. The molecule has 8 rings (SSSR count). The van der Waals surface area contributed by atoms with Gasteiger partial charge in [-0.05, 0) is 66.5 Å². The molecule has 2 unspecified atom stereocenters. The molecule has 0 heterocycles. The zero-order chi connectivity index (χ0) is 29.0. The molecule has 0 N–H and O–H groups in total. The van der Waals surface area contributed by atoms with Gasteiger partial charge in [0.1, 0.15) is 0 Å². The van der Waals surface area contributed by atoms with E-state index < -0.39 is 30.9 Å². The van der Waals surface area contributed by atoms with Crippen molar-refractivity contribution >= 4 is 35.0 Å². The van der Waals surface area contributed by atoms with Crippen molar-refractivity contribution in [2.75, 3.05) is 14.2 Å². The second kappa shape index (κ2) is 12.3. The Hall–Kier alpha value is -3.95. The van der Waals surface area contributed by atoms with Crippen molar-refractivity contribution in [2.45, 2.75) is 32.6 Å². The van der Waals surface area contributed by atoms with Crippen LogP contribution in [0.15, 0.2) is 97.1 Å². The van der Waals surface area contributed by atoms with Crippen LogP contribution in [-0.4, -0.2) is 26.2 Å². The molecular weight excluding hydrogens is 531 g/mol. The van der Waals surface area contributed by atoms with E-state index in [2.05, 4.69) is 25.1 Å². The van der Waals surface area contributed by atoms with Crippen molar-refractivity contribution in [3.8, 4) is 0 Å². The quantitative estimate of drug-likeness (QED) is 0.249. The Morgan fingerprint density at radius 2 is 1.20 bits per heavy atom. The molecule has 5 nitrogen and oxygen atoms in total. The van der Waals surface area contributed by atoms with Crippen LogP contribution >= 0.6 is 7.14 Å². The molecule has 0 radical (unpaired) electrons. The summed E-state index contributed by atoms with van der Waals surface area (Å²) in [6.45, 7) is 2.07. The Bertz CT molecular complexity index is 1550. The highest BCUT2D eigenvalue weighted by atomic mass is 31.2. The summed E-state index contributed by atoms with van der Waals surface area (Å²) in [5.41, 5.74) is 5.13. The predicted octanol–water partition coefficient (Wildman–Crippen LogP) is 5.10. The summed E-state index contributed by atoms with van der Waals surface area (Å²) < 4.78 is 26.0. The second-order valence-electron chi connectivity index (χ2n) is 10.7. The smallest absolute Gasteiger partial charge is 0.309 e. The van der Waals surface area contributed by atoms with Crippen LogP contribution in [0.25, 0.3) is 0 Å². The van der Waals surface area contributed by atoms with E-state index in [0.717, 1.165) is 45.7 Å². The summed E-state index contributed by atoms with van der Waals surface area (Å²) in [7, 11) is -0.682. The molecule has 41 heavy (non-hydrogen) atoms. The van der Waals surface area contributed by atoms with Crippen molar-refractivity contribution < 1.29 is 23.6 Å². The SMILES string of the molecule is COC(=O)C1Cc2ccc(c(C)c2)CCc2ccc(c(P(=O)(c3ccccc3)c3ccccc3)c2)CC1C(=O)OC. The zero-order valence-corrected chi connectivity index (χ0v) is 24.6. The number of hydrogen-bond acceptors (Lipinski definition) is 5. The highest BCUT2D eigenvalue weighted by molar-refractivity contribution is 7.85. The fourth-order valence-corrected chi connectivity index (χ4v) is 8.91. The average Bonchev–Trinajstić information content (AvgIpc) is 3.02. The van der Waals surface area contributed by atoms with E-state index in [1.165, 1.54) is 19.8 Å². The van der Waals surface area contributed by atoms with Gasteiger partial charge in [-0.3, -0.25) is 9.59 Å². The maximum atomic E-state index is 15.5. The molecule has 0 saturated carbocycles. The van der Waals surface area contributed by atoms with Gasteiger partial charge in [0, 0.05) is 15.9 Å². The third-order valence-corrected chi connectivity index (χ3v) is 11.4. The minimum Gasteiger partial charge on any atom is -0.469 e. The number of rotatable bonds is 5. The molecule has 2 atom stereocenters. The lowest BCUT2D eigenvalue weighted by Gasteiger charge is -2.28. The lowest BCUT2D eigenvalue weighted by atomic mass is 9.81. The molecule has 0 saturated heterocycles. The Balaban J connectivity index is 1.77. The number of carbonyl (C=O) groups is 2. The molecule has 6 heteroatoms. The van der Waals surface area contributed by atoms with E-state index in [1.54, 1.807) is 0 Å². The van der Waals surface area contributed by atoms with E-state index in [9.17, 15) is 9.59 Å². The maximum Gasteiger partial charge on any atom is 0.309 e. The standard InChI is InChI=1S/C35H35O5P/c1-24-20-26-16-18-27(24)17-14-25-15-19-28(23-32(35(37)40-3)31(21-26)34(36)39-2)33(22-25)41(38,29-10-6-4-7-11-29)30-12-8-5-9-13-30/h4-13,15-16,18-20,22,31-32H,14,17,21,23H2,1-3H3. The van der Waals surface area contributed by atoms with Crippen molar-refractivity contribution in [3.05, 3.63) is 125 Å². The van der Waals surface area contributed by atoms with Gasteiger partial charge >= 0.3 is 11.9 Å². The summed E-state index contributed by atoms with van der Waals surface area (Å²) in [6, 6.07) is 31.4. The van der Waals surface area contributed by atoms with Crippen LogP contribution in [0, 0.1) is 18.8 Å². The van der Waals surface area contributed by atoms with Crippen LogP contribution in [0.4, 0.5) is 0 Å². The first kappa shape index (κ1) is 28.6. The molecule has 4 bridgehead atoms. The number of methoxy groups -OCH3 is 2. The van der Waals surface area contributed by atoms with E-state index in [0.29, 0.717) is 11.7 Å². The van der Waals surface area contributed by atoms with Gasteiger partial charge in [-0.1, -0.05) is 91.0 Å². The number of carbonyl (C=O) groups excluding carboxylic acids is 2. The monoisotopic (exact) mass is 566 g/mol. The zero-order valence-electron chi connectivity index (χ0n) is 23.7. The van der Waals surface area contributed by atoms with Crippen LogP contribution in [0.5, 0.6) is 0 Å². The third-order valence-electron chi connectivity index (χ3n) is 8.21. The number of aryl methyl sites for hydroxylation is 3. The van der Waals surface area contributed by atoms with Crippen molar-refractivity contribution in [2.24, 2.45) is 11.8 Å². The molecule has 210 valence electrons. The van der Waals surface area contributed by atoms with E-state index in [1.807, 2.05) is 78.9 Å². The van der Waals surface area contributed by atoms with Crippen molar-refractivity contribution in [3.63, 3.8) is 0 Å². The van der Waals surface area contributed by atoms with Crippen LogP contribution < -0.4 is 15.9 Å². The van der Waals surface area contributed by atoms with E-state index >= 15 is 4.57 Å². The summed E-state index contributed by atoms with van der Waals surface area (Å²) in [6.07, 6.45) is 2.12. The highest BCUT2D eigenvalue weighted by Gasteiger charge is 2.39. The fraction of sp³-hybridized carbons (Fsp3) is 0.257. The molecule has 0 fully saturated rings. The number of benzene rings is 4. The first-order valence-corrected chi connectivity index (χ1v) is 15.6. The third kappa shape index (κ3) is 5.78. The van der Waals surface area contributed by atoms with Gasteiger partial charge in [0.15, 0.2) is 7.14 Å². The largest absolute Gasteiger partial charge is 0.469 e. The summed E-state index contributed by atoms with van der Waals surface area (Å²) >= 11 is 0. The van der Waals surface area contributed by atoms with Gasteiger partial charge < -0.3 is 14.0 Å². The van der Waals surface area contributed by atoms with Gasteiger partial charge in [-0.2, -0.15) is 0 Å². The van der Waals surface area contributed by atoms with Gasteiger partial charge in [-0.15, -0.1) is 0 Å². The molecule has 0 spiro atoms. The van der Waals surface area contributed by atoms with Crippen LogP contribution in [0.3, 0.4) is 0 Å². The molecule has 0 amide bonds. The molecular formula is C35H35O5P. The first-order valence-electron chi connectivity index (χ1n) is 13.9. The Labute approximate surface area is 241 Å². The molecule has 4 aliphatic rings. The van der Waals surface area contributed by atoms with Gasteiger partial charge in [-0.25, -0.2) is 0 Å². The maximum absolute atomic E-state index is 15.5. The first-order chi connectivity index (χ1) is 19.8. The normalized spacial score (nSPS) is 17.0. The highest BCUT2D eigenvalue weighted by Crippen LogP contribution is 2.44. The van der Waals surface area contributed by atoms with E-state index in [-0.39, 0.29) is 6.42 Å². The lowest BCUT2D eigenvalue weighted by Crippen LogP contribution is -2.37. The Kier molecular flexibility index (Phi) is 8.56. The van der Waals surface area contributed by atoms with E-state index in [4.69, 9.17) is 9.47 Å². The second-order valence-corrected chi connectivity index (χ2v) is 13.4. The molecule has 0 aliphatic heterocycles. The number of hydrogen-bond donors (Lipinski definition) is 0. The van der Waals surface area contributed by atoms with Crippen LogP contribution in [0.2, 0.25) is 0 Å². The van der Waals surface area contributed by atoms with Crippen molar-refractivity contribution in [1.82, 2.24) is 0 Å². The van der Waals surface area contributed by atoms with Gasteiger partial charge in [0.05, 0.1) is 26.1 Å². The Morgan fingerprint density at radius 1 is 0.659 bits per heavy atom. The van der Waals surface area contributed by atoms with Crippen LogP contribution in [0.1, 0.15) is 27.8 Å². The molecule has 0 aromatic heterocycles. The lowest BCUT2D eigenvalue weighted by molar-refractivity contribution is -0.157. The molecule has 4 aromatic rings. The average molecular weight is 567 g/mol. The number of ether oxygens (including phenoxy) is 2. The summed E-state index contributed by atoms with van der Waals surface area (Å²) in [5.74, 6) is -2.58. The summed E-state index contributed by atoms with van der Waals surface area (Å²) in [4.78, 5) is 26.6. The van der Waals surface area contributed by atoms with Gasteiger partial charge in [0.2, 0.25) is 0 Å². The minimum atomic E-state index is -3.36. The summed E-state index contributed by atoms with van der Waals surface area (Å²) in [5, 5.41) is 2.12. The topological polar surface area (TPSA) is 69.7 Å². The molecule has 4 aliphatic carbocycles. The van der Waals surface area contributed by atoms with Gasteiger partial charge in [0.25, 0.3) is 0 Å².